The van der Waals surface area contributed by atoms with Gasteiger partial charge < -0.3 is 10.2 Å². The fraction of sp³-hybridized carbons (Fsp3) is 0.727. The average Bonchev–Trinajstić information content (AvgIpc) is 3.28. The van der Waals surface area contributed by atoms with Crippen LogP contribution in [-0.2, 0) is 16.0 Å². The van der Waals surface area contributed by atoms with Crippen LogP contribution in [0.2, 0.25) is 0 Å². The third-order valence-electron chi connectivity index (χ3n) is 6.82. The number of rotatable bonds is 5. The van der Waals surface area contributed by atoms with E-state index in [1.54, 1.807) is 0 Å². The van der Waals surface area contributed by atoms with Crippen molar-refractivity contribution in [2.75, 3.05) is 13.1 Å². The molecular formula is C22H32N4O2. The van der Waals surface area contributed by atoms with Crippen LogP contribution in [0.25, 0.3) is 0 Å². The first-order chi connectivity index (χ1) is 13.5. The number of hydrogen-bond acceptors (Lipinski definition) is 4. The number of amides is 2. The highest BCUT2D eigenvalue weighted by Crippen LogP contribution is 2.32. The van der Waals surface area contributed by atoms with Crippen LogP contribution in [0.5, 0.6) is 0 Å². The molecule has 0 aromatic carbocycles. The zero-order valence-corrected chi connectivity index (χ0v) is 17.2. The molecule has 3 aliphatic rings. The monoisotopic (exact) mass is 384 g/mol. The van der Waals surface area contributed by atoms with E-state index in [9.17, 15) is 9.59 Å². The van der Waals surface area contributed by atoms with Gasteiger partial charge in [0.1, 0.15) is 5.82 Å². The first kappa shape index (κ1) is 19.3. The number of aromatic nitrogens is 2. The molecule has 0 radical (unpaired) electrons. The van der Waals surface area contributed by atoms with Gasteiger partial charge in [0.05, 0.1) is 6.42 Å². The van der Waals surface area contributed by atoms with Crippen LogP contribution >= 0.6 is 0 Å². The standard InChI is InChI=1S/C22H32N4O2/c1-14-19(12-20(27)25-18-8-3-4-9-18)15(2)24-21(23-14)17-10-11-26(13-17)22(28)16-6-5-7-16/h16-18H,3-13H2,1-2H3,(H,25,27)/t17-/m0/s1. The molecule has 28 heavy (non-hydrogen) atoms. The lowest BCUT2D eigenvalue weighted by Crippen LogP contribution is -2.37. The average molecular weight is 385 g/mol. The van der Waals surface area contributed by atoms with Crippen LogP contribution in [0.15, 0.2) is 0 Å². The topological polar surface area (TPSA) is 75.2 Å². The summed E-state index contributed by atoms with van der Waals surface area (Å²) in [6, 6.07) is 0.339. The fourth-order valence-electron chi connectivity index (χ4n) is 4.80. The van der Waals surface area contributed by atoms with E-state index in [1.165, 1.54) is 19.3 Å². The second-order valence-electron chi connectivity index (χ2n) is 8.85. The van der Waals surface area contributed by atoms with Crippen molar-refractivity contribution in [3.05, 3.63) is 22.8 Å². The first-order valence-electron chi connectivity index (χ1n) is 10.9. The van der Waals surface area contributed by atoms with Crippen molar-refractivity contribution in [3.63, 3.8) is 0 Å². The van der Waals surface area contributed by atoms with E-state index in [0.29, 0.717) is 18.4 Å². The van der Waals surface area contributed by atoms with Crippen LogP contribution in [-0.4, -0.2) is 45.8 Å². The number of nitrogens with zero attached hydrogens (tertiary/aromatic N) is 3. The van der Waals surface area contributed by atoms with E-state index in [4.69, 9.17) is 9.97 Å². The van der Waals surface area contributed by atoms with Crippen molar-refractivity contribution in [3.8, 4) is 0 Å². The van der Waals surface area contributed by atoms with Crippen molar-refractivity contribution in [1.82, 2.24) is 20.2 Å². The highest BCUT2D eigenvalue weighted by atomic mass is 16.2. The zero-order chi connectivity index (χ0) is 19.7. The van der Waals surface area contributed by atoms with Crippen LogP contribution in [0, 0.1) is 19.8 Å². The molecule has 3 fully saturated rings. The molecule has 4 rings (SSSR count). The largest absolute Gasteiger partial charge is 0.353 e. The van der Waals surface area contributed by atoms with Crippen molar-refractivity contribution in [1.29, 1.82) is 0 Å². The van der Waals surface area contributed by atoms with E-state index in [2.05, 4.69) is 5.32 Å². The fourth-order valence-corrected chi connectivity index (χ4v) is 4.80. The third-order valence-corrected chi connectivity index (χ3v) is 6.82. The lowest BCUT2D eigenvalue weighted by Gasteiger charge is -2.29. The van der Waals surface area contributed by atoms with Crippen molar-refractivity contribution < 1.29 is 9.59 Å². The van der Waals surface area contributed by atoms with Gasteiger partial charge in [-0.15, -0.1) is 0 Å². The zero-order valence-electron chi connectivity index (χ0n) is 17.2. The van der Waals surface area contributed by atoms with Gasteiger partial charge in [-0.1, -0.05) is 19.3 Å². The van der Waals surface area contributed by atoms with Crippen molar-refractivity contribution >= 4 is 11.8 Å². The van der Waals surface area contributed by atoms with Gasteiger partial charge in [0, 0.05) is 47.9 Å². The van der Waals surface area contributed by atoms with E-state index >= 15 is 0 Å². The summed E-state index contributed by atoms with van der Waals surface area (Å²) in [5.41, 5.74) is 2.74. The molecule has 0 bridgehead atoms. The smallest absolute Gasteiger partial charge is 0.225 e. The van der Waals surface area contributed by atoms with Gasteiger partial charge in [0.25, 0.3) is 0 Å². The lowest BCUT2D eigenvalue weighted by atomic mass is 9.84. The number of carbonyl (C=O) groups excluding carboxylic acids is 2. The Morgan fingerprint density at radius 3 is 2.29 bits per heavy atom. The highest BCUT2D eigenvalue weighted by Gasteiger charge is 2.35. The molecule has 152 valence electrons. The Bertz CT molecular complexity index is 730. The minimum atomic E-state index is 0.0765. The molecule has 2 heterocycles. The maximum atomic E-state index is 12.5. The van der Waals surface area contributed by atoms with Gasteiger partial charge in [-0.3, -0.25) is 9.59 Å². The number of carbonyl (C=O) groups is 2. The second kappa shape index (κ2) is 8.18. The summed E-state index contributed by atoms with van der Waals surface area (Å²) < 4.78 is 0. The minimum absolute atomic E-state index is 0.0765. The molecule has 1 atom stereocenters. The normalized spacial score (nSPS) is 23.1. The number of nitrogens with one attached hydrogen (secondary N) is 1. The van der Waals surface area contributed by atoms with Crippen molar-refractivity contribution in [2.24, 2.45) is 5.92 Å². The SMILES string of the molecule is Cc1nc([C@H]2CCN(C(=O)C3CCC3)C2)nc(C)c1CC(=O)NC1CCCC1. The van der Waals surface area contributed by atoms with Gasteiger partial charge >= 0.3 is 0 Å². The van der Waals surface area contributed by atoms with Gasteiger partial charge in [0.2, 0.25) is 11.8 Å². The molecule has 0 unspecified atom stereocenters. The summed E-state index contributed by atoms with van der Waals surface area (Å²) in [5.74, 6) is 1.69. The summed E-state index contributed by atoms with van der Waals surface area (Å²) in [4.78, 5) is 36.4. The summed E-state index contributed by atoms with van der Waals surface area (Å²) in [6.07, 6.45) is 9.17. The van der Waals surface area contributed by atoms with Crippen LogP contribution in [0.4, 0.5) is 0 Å². The number of likely N-dealkylation sites (tertiary alicyclic amines) is 1. The van der Waals surface area contributed by atoms with Gasteiger partial charge in [-0.25, -0.2) is 9.97 Å². The summed E-state index contributed by atoms with van der Waals surface area (Å²) in [7, 11) is 0. The Hall–Kier alpha value is -1.98. The van der Waals surface area contributed by atoms with E-state index in [0.717, 1.165) is 68.0 Å². The molecule has 2 aliphatic carbocycles. The van der Waals surface area contributed by atoms with E-state index in [1.807, 2.05) is 18.7 Å². The lowest BCUT2D eigenvalue weighted by molar-refractivity contribution is -0.137. The second-order valence-corrected chi connectivity index (χ2v) is 8.85. The van der Waals surface area contributed by atoms with Gasteiger partial charge in [-0.05, 0) is 46.0 Å². The molecule has 1 aromatic rings. The molecule has 0 spiro atoms. The Balaban J connectivity index is 1.39. The van der Waals surface area contributed by atoms with Gasteiger partial charge in [-0.2, -0.15) is 0 Å². The molecule has 1 N–H and O–H groups in total. The molecule has 6 heteroatoms. The Kier molecular flexibility index (Phi) is 5.65. The van der Waals surface area contributed by atoms with Crippen LogP contribution in [0.1, 0.15) is 80.1 Å². The van der Waals surface area contributed by atoms with E-state index < -0.39 is 0 Å². The number of aryl methyl sites for hydroxylation is 2. The van der Waals surface area contributed by atoms with Crippen molar-refractivity contribution in [2.45, 2.75) is 83.6 Å². The number of hydrogen-bond donors (Lipinski definition) is 1. The molecule has 2 amide bonds. The predicted octanol–water partition coefficient (Wildman–Crippen LogP) is 2.81. The molecule has 6 nitrogen and oxygen atoms in total. The molecule has 2 saturated carbocycles. The maximum absolute atomic E-state index is 12.5. The van der Waals surface area contributed by atoms with Crippen LogP contribution in [0.3, 0.4) is 0 Å². The van der Waals surface area contributed by atoms with Gasteiger partial charge in [0.15, 0.2) is 0 Å². The maximum Gasteiger partial charge on any atom is 0.225 e. The summed E-state index contributed by atoms with van der Waals surface area (Å²) in [6.45, 7) is 5.49. The first-order valence-corrected chi connectivity index (χ1v) is 10.9. The third kappa shape index (κ3) is 4.06. The predicted molar refractivity (Wildman–Crippen MR) is 107 cm³/mol. The van der Waals surface area contributed by atoms with Crippen LogP contribution < -0.4 is 5.32 Å². The molecule has 1 saturated heterocycles. The Morgan fingerprint density at radius 1 is 1.00 bits per heavy atom. The quantitative estimate of drug-likeness (QED) is 0.847. The summed E-state index contributed by atoms with van der Waals surface area (Å²) in [5, 5.41) is 3.15. The van der Waals surface area contributed by atoms with E-state index in [-0.39, 0.29) is 17.7 Å². The molecular weight excluding hydrogens is 352 g/mol. The molecule has 1 aromatic heterocycles. The Labute approximate surface area is 167 Å². The highest BCUT2D eigenvalue weighted by molar-refractivity contribution is 5.80. The summed E-state index contributed by atoms with van der Waals surface area (Å²) >= 11 is 0. The molecule has 1 aliphatic heterocycles. The Morgan fingerprint density at radius 2 is 1.68 bits per heavy atom. The minimum Gasteiger partial charge on any atom is -0.353 e.